The van der Waals surface area contributed by atoms with Gasteiger partial charge in [0.15, 0.2) is 0 Å². The molecule has 0 saturated heterocycles. The van der Waals surface area contributed by atoms with Crippen molar-refractivity contribution in [2.75, 3.05) is 16.8 Å². The van der Waals surface area contributed by atoms with Crippen molar-refractivity contribution in [3.8, 4) is 45.3 Å². The van der Waals surface area contributed by atoms with Crippen molar-refractivity contribution in [1.29, 1.82) is 0 Å². The van der Waals surface area contributed by atoms with E-state index in [1.165, 1.54) is 37.9 Å². The maximum Gasteiger partial charge on any atom is 0.135 e. The molecule has 0 saturated carbocycles. The second kappa shape index (κ2) is 13.5. The van der Waals surface area contributed by atoms with Gasteiger partial charge in [-0.15, -0.1) is 41.4 Å². The first-order valence-electron chi connectivity index (χ1n) is 21.4. The van der Waals surface area contributed by atoms with Crippen LogP contribution in [0.3, 0.4) is 0 Å². The van der Waals surface area contributed by atoms with E-state index in [0.717, 1.165) is 55.6 Å². The van der Waals surface area contributed by atoms with Gasteiger partial charge in [0.05, 0.1) is 16.7 Å². The van der Waals surface area contributed by atoms with Gasteiger partial charge in [-0.2, -0.15) is 18.8 Å². The van der Waals surface area contributed by atoms with Gasteiger partial charge in [-0.3, -0.25) is 0 Å². The predicted octanol–water partition coefficient (Wildman–Crippen LogP) is 13.3. The van der Waals surface area contributed by atoms with Crippen LogP contribution < -0.4 is 14.5 Å². The van der Waals surface area contributed by atoms with Gasteiger partial charge >= 0.3 is 0 Å². The van der Waals surface area contributed by atoms with E-state index in [4.69, 9.17) is 13.8 Å². The van der Waals surface area contributed by atoms with Crippen LogP contribution in [0.1, 0.15) is 30.4 Å². The zero-order valence-corrected chi connectivity index (χ0v) is 35.2. The number of aromatic nitrogens is 3. The summed E-state index contributed by atoms with van der Waals surface area (Å²) in [6.45, 7) is 5.91. The van der Waals surface area contributed by atoms with Crippen molar-refractivity contribution in [2.45, 2.75) is 26.2 Å². The quantitative estimate of drug-likeness (QED) is 0.165. The van der Waals surface area contributed by atoms with Crippen LogP contribution in [0, 0.1) is 18.8 Å². The summed E-state index contributed by atoms with van der Waals surface area (Å²) in [6, 6.07) is 57.2. The third kappa shape index (κ3) is 5.33. The van der Waals surface area contributed by atoms with Crippen LogP contribution in [0.25, 0.3) is 77.4 Å². The molecule has 0 amide bonds. The first-order chi connectivity index (χ1) is 30.0. The molecular weight excluding hydrogens is 918 g/mol. The molecule has 0 aliphatic carbocycles. The summed E-state index contributed by atoms with van der Waals surface area (Å²) in [5, 5.41) is 4.57. The number of rotatable bonds is 4. The summed E-state index contributed by atoms with van der Waals surface area (Å²) >= 11 is 0. The fourth-order valence-electron chi connectivity index (χ4n) is 9.25. The Morgan fingerprint density at radius 2 is 1.38 bits per heavy atom. The molecule has 7 heteroatoms. The standard InChI is InChI=1S/C53H38N5O.Pt/c1-53(2,3)33-27-28-54-49(29-33)57-46-25-26-47-50(39-17-6-5-15-37(39)40-18-12-19-41-38-16-7-8-20-43(38)58(47)52(40)41)51(46)42-24-23-36(31-48(42)57)59-35-14-11-13-34(30-35)56-32-55(4)44-21-9-10-22-45(44)56;/h5-29,32H,1-4H3;/q-3;/i4D3;. The molecule has 6 nitrogen and oxygen atoms in total. The predicted molar refractivity (Wildman–Crippen MR) is 242 cm³/mol. The van der Waals surface area contributed by atoms with Crippen molar-refractivity contribution in [3.63, 3.8) is 0 Å². The van der Waals surface area contributed by atoms with E-state index in [1.54, 1.807) is 6.67 Å². The fraction of sp³-hybridized carbons (Fsp3) is 0.0943. The summed E-state index contributed by atoms with van der Waals surface area (Å²) in [5.74, 6) is 1.77. The van der Waals surface area contributed by atoms with E-state index in [9.17, 15) is 0 Å². The summed E-state index contributed by atoms with van der Waals surface area (Å²) in [4.78, 5) is 8.16. The Labute approximate surface area is 367 Å². The van der Waals surface area contributed by atoms with Crippen LogP contribution in [-0.2, 0) is 26.5 Å². The molecule has 7 aromatic carbocycles. The summed E-state index contributed by atoms with van der Waals surface area (Å²) < 4.78 is 35.8. The molecule has 12 rings (SSSR count). The Kier molecular flexibility index (Phi) is 7.45. The summed E-state index contributed by atoms with van der Waals surface area (Å²) in [7, 11) is 0. The van der Waals surface area contributed by atoms with Crippen molar-refractivity contribution >= 4 is 60.7 Å². The number of hydrogen-bond acceptors (Lipinski definition) is 4. The summed E-state index contributed by atoms with van der Waals surface area (Å²) in [5.41, 5.74) is 13.1. The number of para-hydroxylation sites is 4. The largest absolute Gasteiger partial charge is 0.509 e. The van der Waals surface area contributed by atoms with Gasteiger partial charge in [-0.1, -0.05) is 99.1 Å². The van der Waals surface area contributed by atoms with E-state index < -0.39 is 6.98 Å². The van der Waals surface area contributed by atoms with Crippen LogP contribution in [-0.4, -0.2) is 21.1 Å². The second-order valence-corrected chi connectivity index (χ2v) is 16.4. The molecule has 2 aliphatic rings. The van der Waals surface area contributed by atoms with E-state index in [2.05, 4.69) is 139 Å². The fourth-order valence-corrected chi connectivity index (χ4v) is 9.25. The molecule has 0 radical (unpaired) electrons. The molecule has 0 bridgehead atoms. The zero-order chi connectivity index (χ0) is 42.1. The third-order valence-corrected chi connectivity index (χ3v) is 11.9. The molecule has 0 spiro atoms. The first kappa shape index (κ1) is 33.2. The second-order valence-electron chi connectivity index (χ2n) is 16.4. The molecular formula is C53H38N5OPt-3. The molecule has 294 valence electrons. The molecule has 2 aliphatic heterocycles. The van der Waals surface area contributed by atoms with Crippen molar-refractivity contribution < 1.29 is 29.9 Å². The van der Waals surface area contributed by atoms with Crippen LogP contribution in [0.2, 0.25) is 0 Å². The van der Waals surface area contributed by atoms with Gasteiger partial charge in [-0.05, 0) is 76.9 Å². The average molecular weight is 959 g/mol. The monoisotopic (exact) mass is 958 g/mol. The van der Waals surface area contributed by atoms with Crippen LogP contribution in [0.15, 0.2) is 152 Å². The van der Waals surface area contributed by atoms with Crippen LogP contribution in [0.5, 0.6) is 11.5 Å². The number of benzene rings is 7. The van der Waals surface area contributed by atoms with Gasteiger partial charge in [0.1, 0.15) is 5.82 Å². The molecule has 0 fully saturated rings. The normalized spacial score (nSPS) is 14.0. The maximum absolute atomic E-state index is 8.16. The zero-order valence-electron chi connectivity index (χ0n) is 36.0. The first-order valence-corrected chi connectivity index (χ1v) is 19.9. The van der Waals surface area contributed by atoms with Crippen molar-refractivity contribution in [2.24, 2.45) is 0 Å². The van der Waals surface area contributed by atoms with Crippen LogP contribution >= 0.6 is 0 Å². The Morgan fingerprint density at radius 3 is 2.25 bits per heavy atom. The molecule has 5 heterocycles. The van der Waals surface area contributed by atoms with Crippen LogP contribution in [0.4, 0.5) is 17.1 Å². The number of anilines is 3. The van der Waals surface area contributed by atoms with Crippen molar-refractivity contribution in [3.05, 3.63) is 176 Å². The van der Waals surface area contributed by atoms with E-state index >= 15 is 0 Å². The number of fused-ring (bicyclic) bond motifs is 13. The van der Waals surface area contributed by atoms with Gasteiger partial charge < -0.3 is 23.7 Å². The molecule has 60 heavy (non-hydrogen) atoms. The van der Waals surface area contributed by atoms with Gasteiger partial charge in [0.2, 0.25) is 0 Å². The molecule has 0 N–H and O–H groups in total. The number of nitrogens with zero attached hydrogens (tertiary/aromatic N) is 5. The van der Waals surface area contributed by atoms with E-state index in [1.807, 2.05) is 59.6 Å². The number of ether oxygens (including phenoxy) is 1. The molecule has 10 aromatic rings. The minimum Gasteiger partial charge on any atom is -0.509 e. The smallest absolute Gasteiger partial charge is 0.135 e. The SMILES string of the molecule is [2H]C([2H])([2H])N1[CH-]N(c2[c-]c(Oc3[c-]c4c(cc3)c3c5c(ccc3n4-c3cc(C(C)(C)C)ccn3)-n3c4ccccc4c4cccc(c43)-c3ccccc3-5)ccc2)c2ccccc21.[Pt]. The molecule has 3 aromatic heterocycles. The minimum absolute atomic E-state index is 0. The maximum atomic E-state index is 8.16. The van der Waals surface area contributed by atoms with Gasteiger partial charge in [-0.25, -0.2) is 4.98 Å². The number of pyridine rings is 1. The van der Waals surface area contributed by atoms with E-state index in [-0.39, 0.29) is 26.5 Å². The molecule has 0 atom stereocenters. The topological polar surface area (TPSA) is 38.5 Å². The Bertz CT molecular complexity index is 3490. The number of hydrogen-bond donors (Lipinski definition) is 0. The Balaban J connectivity index is 0.00000444. The molecule has 0 unspecified atom stereocenters. The van der Waals surface area contributed by atoms with E-state index in [0.29, 0.717) is 22.9 Å². The van der Waals surface area contributed by atoms with Gasteiger partial charge in [0.25, 0.3) is 0 Å². The van der Waals surface area contributed by atoms with Crippen molar-refractivity contribution in [1.82, 2.24) is 14.1 Å². The third-order valence-electron chi connectivity index (χ3n) is 11.9. The Morgan fingerprint density at radius 1 is 0.633 bits per heavy atom. The van der Waals surface area contributed by atoms with Gasteiger partial charge in [0, 0.05) is 81.7 Å². The summed E-state index contributed by atoms with van der Waals surface area (Å²) in [6.07, 6.45) is 1.90. The Hall–Kier alpha value is -6.62. The average Bonchev–Trinajstić information content (AvgIpc) is 3.92. The minimum atomic E-state index is -2.35.